The average Bonchev–Trinajstić information content (AvgIpc) is 2.79. The van der Waals surface area contributed by atoms with Crippen LogP contribution in [-0.2, 0) is 17.4 Å². The summed E-state index contributed by atoms with van der Waals surface area (Å²) in [4.78, 5) is 36.5. The first-order valence-corrected chi connectivity index (χ1v) is 19.1. The zero-order valence-electron chi connectivity index (χ0n) is 20.1. The van der Waals surface area contributed by atoms with Gasteiger partial charge in [0, 0.05) is 0 Å². The van der Waals surface area contributed by atoms with E-state index in [1.807, 2.05) is 0 Å². The van der Waals surface area contributed by atoms with Gasteiger partial charge in [0.25, 0.3) is 0 Å². The first-order chi connectivity index (χ1) is 15.4. The Bertz CT molecular complexity index is 723. The molecule has 178 valence electrons. The van der Waals surface area contributed by atoms with Crippen LogP contribution in [-0.4, -0.2) is 43.2 Å². The molecular formula is C25H39NO5Sn. The van der Waals surface area contributed by atoms with Gasteiger partial charge in [0.1, 0.15) is 0 Å². The van der Waals surface area contributed by atoms with Crippen molar-refractivity contribution in [2.24, 2.45) is 0 Å². The number of carbonyl (C=O) groups is 3. The van der Waals surface area contributed by atoms with Crippen molar-refractivity contribution in [2.75, 3.05) is 11.9 Å². The molecule has 0 aliphatic heterocycles. The van der Waals surface area contributed by atoms with E-state index in [1.165, 1.54) is 12.2 Å². The SMILES string of the molecule is CCC[CH2][Sn]([CH2]CCC)([CH2]CCC)[O]C(=O)/C=C\C(=O)Nc1ccc(C(=O)OCC)cc1. The van der Waals surface area contributed by atoms with Gasteiger partial charge in [0.2, 0.25) is 0 Å². The molecular weight excluding hydrogens is 513 g/mol. The molecule has 0 spiro atoms. The van der Waals surface area contributed by atoms with Crippen LogP contribution >= 0.6 is 0 Å². The third-order valence-electron chi connectivity index (χ3n) is 5.31. The number of esters is 1. The topological polar surface area (TPSA) is 81.7 Å². The van der Waals surface area contributed by atoms with Gasteiger partial charge in [-0.25, -0.2) is 0 Å². The van der Waals surface area contributed by atoms with Crippen LogP contribution in [0.1, 0.15) is 76.6 Å². The molecule has 1 aromatic carbocycles. The fourth-order valence-electron chi connectivity index (χ4n) is 3.50. The number of benzene rings is 1. The van der Waals surface area contributed by atoms with Gasteiger partial charge >= 0.3 is 184 Å². The molecule has 0 aliphatic rings. The average molecular weight is 552 g/mol. The summed E-state index contributed by atoms with van der Waals surface area (Å²) < 4.78 is 14.3. The molecule has 0 aromatic heterocycles. The molecule has 1 rings (SSSR count). The van der Waals surface area contributed by atoms with Crippen molar-refractivity contribution in [3.05, 3.63) is 42.0 Å². The molecule has 0 atom stereocenters. The molecule has 0 bridgehead atoms. The van der Waals surface area contributed by atoms with Gasteiger partial charge in [-0.15, -0.1) is 0 Å². The fourth-order valence-corrected chi connectivity index (χ4v) is 16.5. The minimum absolute atomic E-state index is 0.305. The molecule has 7 heteroatoms. The molecule has 0 radical (unpaired) electrons. The van der Waals surface area contributed by atoms with Gasteiger partial charge in [0.05, 0.1) is 6.61 Å². The number of hydrogen-bond donors (Lipinski definition) is 1. The molecule has 0 heterocycles. The minimum atomic E-state index is -3.04. The second-order valence-corrected chi connectivity index (χ2v) is 19.7. The molecule has 1 aromatic rings. The van der Waals surface area contributed by atoms with E-state index in [1.54, 1.807) is 31.2 Å². The van der Waals surface area contributed by atoms with Crippen molar-refractivity contribution in [1.82, 2.24) is 0 Å². The molecule has 0 unspecified atom stereocenters. The zero-order chi connectivity index (χ0) is 23.8. The zero-order valence-corrected chi connectivity index (χ0v) is 22.9. The Hall–Kier alpha value is -1.83. The fraction of sp³-hybridized carbons (Fsp3) is 0.560. The van der Waals surface area contributed by atoms with Crippen molar-refractivity contribution >= 4 is 42.3 Å². The summed E-state index contributed by atoms with van der Waals surface area (Å²) in [7, 11) is 0. The summed E-state index contributed by atoms with van der Waals surface area (Å²) in [5.74, 6) is -1.21. The Morgan fingerprint density at radius 2 is 1.38 bits per heavy atom. The second kappa shape index (κ2) is 15.9. The molecule has 0 aliphatic carbocycles. The van der Waals surface area contributed by atoms with Crippen molar-refractivity contribution in [3.8, 4) is 0 Å². The first kappa shape index (κ1) is 28.2. The van der Waals surface area contributed by atoms with E-state index in [0.717, 1.165) is 51.8 Å². The number of ether oxygens (including phenoxy) is 1. The van der Waals surface area contributed by atoms with Gasteiger partial charge in [-0.3, -0.25) is 0 Å². The third kappa shape index (κ3) is 10.7. The number of nitrogens with one attached hydrogen (secondary N) is 1. The maximum atomic E-state index is 12.6. The van der Waals surface area contributed by atoms with E-state index in [-0.39, 0.29) is 0 Å². The van der Waals surface area contributed by atoms with Gasteiger partial charge in [-0.05, 0) is 6.92 Å². The number of unbranched alkanes of at least 4 members (excludes halogenated alkanes) is 3. The van der Waals surface area contributed by atoms with Crippen LogP contribution in [0.5, 0.6) is 0 Å². The monoisotopic (exact) mass is 553 g/mol. The summed E-state index contributed by atoms with van der Waals surface area (Å²) in [5.41, 5.74) is 0.947. The summed E-state index contributed by atoms with van der Waals surface area (Å²) in [6, 6.07) is 6.42. The van der Waals surface area contributed by atoms with Crippen LogP contribution in [0.15, 0.2) is 36.4 Å². The van der Waals surface area contributed by atoms with Crippen LogP contribution in [0.25, 0.3) is 0 Å². The van der Waals surface area contributed by atoms with Gasteiger partial charge in [-0.1, -0.05) is 0 Å². The maximum absolute atomic E-state index is 12.6. The molecule has 1 amide bonds. The van der Waals surface area contributed by atoms with Crippen LogP contribution in [0.3, 0.4) is 0 Å². The number of rotatable bonds is 15. The number of amides is 1. The van der Waals surface area contributed by atoms with E-state index in [0.29, 0.717) is 17.9 Å². The summed E-state index contributed by atoms with van der Waals surface area (Å²) in [5, 5.41) is 2.69. The molecule has 32 heavy (non-hydrogen) atoms. The quantitative estimate of drug-likeness (QED) is 0.158. The van der Waals surface area contributed by atoms with Gasteiger partial charge in [0.15, 0.2) is 0 Å². The van der Waals surface area contributed by atoms with Crippen molar-refractivity contribution < 1.29 is 22.2 Å². The van der Waals surface area contributed by atoms with Crippen molar-refractivity contribution in [2.45, 2.75) is 79.5 Å². The van der Waals surface area contributed by atoms with Crippen LogP contribution in [0, 0.1) is 0 Å². The van der Waals surface area contributed by atoms with E-state index in [9.17, 15) is 14.4 Å². The number of anilines is 1. The van der Waals surface area contributed by atoms with Crippen LogP contribution in [0.2, 0.25) is 13.3 Å². The summed E-state index contributed by atoms with van der Waals surface area (Å²) >= 11 is -3.04. The summed E-state index contributed by atoms with van der Waals surface area (Å²) in [6.07, 6.45) is 9.06. The Labute approximate surface area is 197 Å². The van der Waals surface area contributed by atoms with E-state index in [4.69, 9.17) is 7.81 Å². The molecule has 1 N–H and O–H groups in total. The predicted molar refractivity (Wildman–Crippen MR) is 131 cm³/mol. The Morgan fingerprint density at radius 3 is 1.84 bits per heavy atom. The Kier molecular flexibility index (Phi) is 14.0. The molecule has 0 fully saturated rings. The number of carbonyl (C=O) groups excluding carboxylic acids is 3. The van der Waals surface area contributed by atoms with E-state index >= 15 is 0 Å². The first-order valence-electron chi connectivity index (χ1n) is 11.9. The van der Waals surface area contributed by atoms with Gasteiger partial charge in [-0.2, -0.15) is 0 Å². The summed E-state index contributed by atoms with van der Waals surface area (Å²) in [6.45, 7) is 8.55. The molecule has 0 saturated carbocycles. The predicted octanol–water partition coefficient (Wildman–Crippen LogP) is 6.25. The second-order valence-electron chi connectivity index (χ2n) is 8.04. The number of hydrogen-bond acceptors (Lipinski definition) is 5. The van der Waals surface area contributed by atoms with Gasteiger partial charge < -0.3 is 0 Å². The Balaban J connectivity index is 2.74. The van der Waals surface area contributed by atoms with Crippen LogP contribution < -0.4 is 5.32 Å². The molecule has 6 nitrogen and oxygen atoms in total. The van der Waals surface area contributed by atoms with Crippen LogP contribution in [0.4, 0.5) is 5.69 Å². The standard InChI is InChI=1S/C13H13NO5.3C4H9.Sn/c1-2-19-13(18)9-3-5-10(6-4-9)14-11(15)7-8-12(16)17;3*1-3-4-2;/h3-8H,2H2,1H3,(H,14,15)(H,16,17);3*1,3-4H2,2H3;/q;;;;+1/p-1/b8-7-;;;;. The molecule has 0 saturated heterocycles. The normalized spacial score (nSPS) is 11.4. The van der Waals surface area contributed by atoms with E-state index in [2.05, 4.69) is 26.1 Å². The Morgan fingerprint density at radius 1 is 0.844 bits per heavy atom. The van der Waals surface area contributed by atoms with E-state index < -0.39 is 36.6 Å². The third-order valence-corrected chi connectivity index (χ3v) is 17.9. The van der Waals surface area contributed by atoms with Crippen molar-refractivity contribution in [3.63, 3.8) is 0 Å². The van der Waals surface area contributed by atoms with Crippen molar-refractivity contribution in [1.29, 1.82) is 0 Å².